The molecule has 8 nitrogen and oxygen atoms in total. The molecule has 0 spiro atoms. The number of rotatable bonds is 8. The largest absolute Gasteiger partial charge is 0.487 e. The van der Waals surface area contributed by atoms with E-state index in [0.717, 1.165) is 5.56 Å². The van der Waals surface area contributed by atoms with E-state index in [1.165, 1.54) is 42.5 Å². The van der Waals surface area contributed by atoms with E-state index < -0.39 is 16.0 Å². The Hall–Kier alpha value is -3.82. The molecule has 0 saturated carbocycles. The first kappa shape index (κ1) is 23.3. The molecular formula is C24H19ClN2O6S. The molecule has 10 heteroatoms. The number of hydrogen-bond acceptors (Lipinski definition) is 6. The minimum Gasteiger partial charge on any atom is -0.487 e. The molecule has 174 valence electrons. The number of nitrogens with one attached hydrogen (secondary N) is 1. The third-order valence-electron chi connectivity index (χ3n) is 4.88. The highest BCUT2D eigenvalue weighted by Gasteiger charge is 2.19. The summed E-state index contributed by atoms with van der Waals surface area (Å²) in [5.74, 6) is 0.261. The number of nitrogens with zero attached hydrogens (tertiary/aromatic N) is 1. The number of ether oxygens (including phenoxy) is 1. The van der Waals surface area contributed by atoms with Crippen LogP contribution in [0.1, 0.15) is 21.8 Å². The van der Waals surface area contributed by atoms with Gasteiger partial charge < -0.3 is 14.3 Å². The maximum absolute atomic E-state index is 12.8. The van der Waals surface area contributed by atoms with Crippen molar-refractivity contribution in [2.45, 2.75) is 18.4 Å². The highest BCUT2D eigenvalue weighted by Crippen LogP contribution is 2.26. The molecule has 0 saturated heterocycles. The molecule has 4 aromatic rings. The maximum Gasteiger partial charge on any atom is 0.337 e. The van der Waals surface area contributed by atoms with E-state index in [4.69, 9.17) is 20.8 Å². The quantitative estimate of drug-likeness (QED) is 0.334. The molecular weight excluding hydrogens is 480 g/mol. The minimum atomic E-state index is -4.06. The van der Waals surface area contributed by atoms with Crippen molar-refractivity contribution in [2.75, 3.05) is 4.72 Å². The molecule has 0 bridgehead atoms. The van der Waals surface area contributed by atoms with Gasteiger partial charge in [-0.1, -0.05) is 29.8 Å². The minimum absolute atomic E-state index is 0.0693. The van der Waals surface area contributed by atoms with Crippen LogP contribution >= 0.6 is 11.6 Å². The lowest BCUT2D eigenvalue weighted by Gasteiger charge is -2.12. The van der Waals surface area contributed by atoms with Crippen LogP contribution < -0.4 is 9.46 Å². The van der Waals surface area contributed by atoms with Gasteiger partial charge >= 0.3 is 5.97 Å². The summed E-state index contributed by atoms with van der Waals surface area (Å²) in [5.41, 5.74) is 1.13. The van der Waals surface area contributed by atoms with Gasteiger partial charge in [-0.2, -0.15) is 0 Å². The Morgan fingerprint density at radius 3 is 2.47 bits per heavy atom. The van der Waals surface area contributed by atoms with Gasteiger partial charge in [-0.15, -0.1) is 0 Å². The number of aromatic carboxylic acids is 1. The zero-order chi connectivity index (χ0) is 24.3. The Labute approximate surface area is 200 Å². The number of carboxylic acids is 1. The summed E-state index contributed by atoms with van der Waals surface area (Å²) in [5, 5.41) is 9.49. The summed E-state index contributed by atoms with van der Waals surface area (Å²) < 4.78 is 39.2. The number of halogens is 1. The van der Waals surface area contributed by atoms with E-state index in [-0.39, 0.29) is 27.8 Å². The Balaban J connectivity index is 1.46. The number of sulfonamides is 1. The van der Waals surface area contributed by atoms with E-state index in [1.54, 1.807) is 6.92 Å². The Kier molecular flexibility index (Phi) is 6.58. The van der Waals surface area contributed by atoms with Gasteiger partial charge in [0, 0.05) is 10.6 Å². The second kappa shape index (κ2) is 9.58. The van der Waals surface area contributed by atoms with Gasteiger partial charge in [-0.05, 0) is 61.5 Å². The fourth-order valence-corrected chi connectivity index (χ4v) is 4.37. The predicted molar refractivity (Wildman–Crippen MR) is 127 cm³/mol. The number of aryl methyl sites for hydroxylation is 1. The summed E-state index contributed by atoms with van der Waals surface area (Å²) in [6, 6.07) is 19.0. The van der Waals surface area contributed by atoms with Crippen LogP contribution in [0.5, 0.6) is 5.75 Å². The monoisotopic (exact) mass is 498 g/mol. The average Bonchev–Trinajstić information content (AvgIpc) is 3.18. The van der Waals surface area contributed by atoms with E-state index in [1.807, 2.05) is 30.3 Å². The molecule has 2 N–H and O–H groups in total. The summed E-state index contributed by atoms with van der Waals surface area (Å²) in [7, 11) is -4.06. The summed E-state index contributed by atoms with van der Waals surface area (Å²) in [6.07, 6.45) is 0. The van der Waals surface area contributed by atoms with Crippen molar-refractivity contribution in [2.24, 2.45) is 0 Å². The van der Waals surface area contributed by atoms with Gasteiger partial charge in [0.2, 0.25) is 5.89 Å². The van der Waals surface area contributed by atoms with Crippen LogP contribution in [0.15, 0.2) is 82.1 Å². The fraction of sp³-hybridized carbons (Fsp3) is 0.0833. The predicted octanol–water partition coefficient (Wildman–Crippen LogP) is 5.38. The third-order valence-corrected chi connectivity index (χ3v) is 6.50. The molecule has 1 aromatic heterocycles. The SMILES string of the molecule is Cc1oc(-c2ccccc2)nc1COc1ccc(S(=O)(=O)Nc2cc(Cl)ccc2C(=O)O)cc1. The van der Waals surface area contributed by atoms with Crippen LogP contribution in [0.2, 0.25) is 5.02 Å². The maximum atomic E-state index is 12.8. The van der Waals surface area contributed by atoms with Crippen molar-refractivity contribution in [3.05, 3.63) is 94.8 Å². The van der Waals surface area contributed by atoms with Crippen molar-refractivity contribution >= 4 is 33.3 Å². The number of anilines is 1. The molecule has 0 aliphatic carbocycles. The average molecular weight is 499 g/mol. The molecule has 4 rings (SSSR count). The smallest absolute Gasteiger partial charge is 0.337 e. The molecule has 0 amide bonds. The van der Waals surface area contributed by atoms with Gasteiger partial charge in [0.1, 0.15) is 23.8 Å². The lowest BCUT2D eigenvalue weighted by atomic mass is 10.2. The van der Waals surface area contributed by atoms with Gasteiger partial charge in [-0.25, -0.2) is 18.2 Å². The van der Waals surface area contributed by atoms with Crippen LogP contribution in [-0.4, -0.2) is 24.5 Å². The molecule has 0 unspecified atom stereocenters. The summed E-state index contributed by atoms with van der Waals surface area (Å²) in [4.78, 5) is 15.8. The summed E-state index contributed by atoms with van der Waals surface area (Å²) in [6.45, 7) is 1.93. The van der Waals surface area contributed by atoms with Gasteiger partial charge in [0.25, 0.3) is 10.0 Å². The van der Waals surface area contributed by atoms with Crippen LogP contribution in [0, 0.1) is 6.92 Å². The zero-order valence-electron chi connectivity index (χ0n) is 17.9. The lowest BCUT2D eigenvalue weighted by Crippen LogP contribution is -2.15. The molecule has 0 radical (unpaired) electrons. The zero-order valence-corrected chi connectivity index (χ0v) is 19.4. The van der Waals surface area contributed by atoms with Crippen LogP contribution in [0.25, 0.3) is 11.5 Å². The second-order valence-corrected chi connectivity index (χ2v) is 9.37. The Bertz CT molecular complexity index is 1430. The van der Waals surface area contributed by atoms with E-state index in [9.17, 15) is 18.3 Å². The number of aromatic nitrogens is 1. The Morgan fingerprint density at radius 1 is 1.09 bits per heavy atom. The standard InChI is InChI=1S/C24H19ClN2O6S/c1-15-22(26-23(33-15)16-5-3-2-4-6-16)14-32-18-8-10-19(11-9-18)34(30,31)27-21-13-17(25)7-12-20(21)24(28)29/h2-13,27H,14H2,1H3,(H,28,29). The number of oxazole rings is 1. The number of benzene rings is 3. The van der Waals surface area contributed by atoms with E-state index >= 15 is 0 Å². The van der Waals surface area contributed by atoms with Crippen molar-refractivity contribution in [1.29, 1.82) is 0 Å². The topological polar surface area (TPSA) is 119 Å². The summed E-state index contributed by atoms with van der Waals surface area (Å²) >= 11 is 5.89. The number of hydrogen-bond donors (Lipinski definition) is 2. The lowest BCUT2D eigenvalue weighted by molar-refractivity contribution is 0.0698. The highest BCUT2D eigenvalue weighted by molar-refractivity contribution is 7.92. The normalized spacial score (nSPS) is 11.2. The van der Waals surface area contributed by atoms with Crippen molar-refractivity contribution in [3.8, 4) is 17.2 Å². The van der Waals surface area contributed by atoms with E-state index in [2.05, 4.69) is 9.71 Å². The van der Waals surface area contributed by atoms with Gasteiger partial charge in [-0.3, -0.25) is 4.72 Å². The van der Waals surface area contributed by atoms with Crippen molar-refractivity contribution in [1.82, 2.24) is 4.98 Å². The second-order valence-electron chi connectivity index (χ2n) is 7.25. The number of carboxylic acid groups (broad SMARTS) is 1. The molecule has 3 aromatic carbocycles. The van der Waals surface area contributed by atoms with Crippen LogP contribution in [0.3, 0.4) is 0 Å². The molecule has 34 heavy (non-hydrogen) atoms. The number of carbonyl (C=O) groups is 1. The molecule has 0 fully saturated rings. The van der Waals surface area contributed by atoms with Crippen LogP contribution in [-0.2, 0) is 16.6 Å². The fourth-order valence-electron chi connectivity index (χ4n) is 3.12. The highest BCUT2D eigenvalue weighted by atomic mass is 35.5. The first-order chi connectivity index (χ1) is 16.2. The van der Waals surface area contributed by atoms with Crippen LogP contribution in [0.4, 0.5) is 5.69 Å². The third kappa shape index (κ3) is 5.22. The van der Waals surface area contributed by atoms with Gasteiger partial charge in [0.15, 0.2) is 0 Å². The first-order valence-corrected chi connectivity index (χ1v) is 11.9. The molecule has 0 aliphatic rings. The molecule has 1 heterocycles. The van der Waals surface area contributed by atoms with Gasteiger partial charge in [0.05, 0.1) is 16.1 Å². The first-order valence-electron chi connectivity index (χ1n) is 10.0. The molecule has 0 atom stereocenters. The Morgan fingerprint density at radius 2 is 1.79 bits per heavy atom. The van der Waals surface area contributed by atoms with Crippen molar-refractivity contribution in [3.63, 3.8) is 0 Å². The molecule has 0 aliphatic heterocycles. The van der Waals surface area contributed by atoms with E-state index in [0.29, 0.717) is 23.1 Å². The van der Waals surface area contributed by atoms with Crippen molar-refractivity contribution < 1.29 is 27.5 Å².